The Morgan fingerprint density at radius 2 is 1.84 bits per heavy atom. The number of carbonyl (C=O) groups is 1. The van der Waals surface area contributed by atoms with Crippen LogP contribution in [0.25, 0.3) is 0 Å². The standard InChI is InChI=1S/C11H8BrF5O2/c1-19-8-3-2-6(4-7(8)12)5-9(18)10(13,14)11(15,16)17/h2-4H,5H2,1H3. The topological polar surface area (TPSA) is 26.3 Å². The molecule has 0 N–H and O–H groups in total. The lowest BCUT2D eigenvalue weighted by molar-refractivity contribution is -0.268. The number of ether oxygens (including phenoxy) is 1. The van der Waals surface area contributed by atoms with Gasteiger partial charge in [0.05, 0.1) is 11.6 Å². The van der Waals surface area contributed by atoms with Crippen molar-refractivity contribution in [2.24, 2.45) is 0 Å². The van der Waals surface area contributed by atoms with E-state index in [0.29, 0.717) is 10.2 Å². The van der Waals surface area contributed by atoms with Crippen molar-refractivity contribution in [3.63, 3.8) is 0 Å². The maximum Gasteiger partial charge on any atom is 0.461 e. The van der Waals surface area contributed by atoms with Crippen LogP contribution >= 0.6 is 15.9 Å². The number of Topliss-reactive ketones (excluding diaryl/α,β-unsaturated/α-hetero) is 1. The third-order valence-corrected chi connectivity index (χ3v) is 2.91. The van der Waals surface area contributed by atoms with Crippen molar-refractivity contribution < 1.29 is 31.5 Å². The van der Waals surface area contributed by atoms with E-state index in [1.54, 1.807) is 0 Å². The Kier molecular flexibility index (Phi) is 4.54. The number of benzene rings is 1. The van der Waals surface area contributed by atoms with E-state index in [2.05, 4.69) is 15.9 Å². The third-order valence-electron chi connectivity index (χ3n) is 2.29. The minimum Gasteiger partial charge on any atom is -0.496 e. The Labute approximate surface area is 113 Å². The number of rotatable bonds is 4. The maximum absolute atomic E-state index is 12.7. The van der Waals surface area contributed by atoms with Crippen molar-refractivity contribution in [3.05, 3.63) is 28.2 Å². The van der Waals surface area contributed by atoms with E-state index in [-0.39, 0.29) is 5.56 Å². The van der Waals surface area contributed by atoms with Crippen LogP contribution in [0.5, 0.6) is 5.75 Å². The Hall–Kier alpha value is -1.18. The van der Waals surface area contributed by atoms with Gasteiger partial charge in [0.15, 0.2) is 0 Å². The summed E-state index contributed by atoms with van der Waals surface area (Å²) in [4.78, 5) is 11.0. The van der Waals surface area contributed by atoms with E-state index in [4.69, 9.17) is 4.74 Å². The molecule has 8 heteroatoms. The molecule has 0 saturated heterocycles. The summed E-state index contributed by atoms with van der Waals surface area (Å²) in [7, 11) is 1.36. The molecule has 0 unspecified atom stereocenters. The molecule has 0 aliphatic heterocycles. The van der Waals surface area contributed by atoms with Crippen LogP contribution in [-0.2, 0) is 11.2 Å². The third kappa shape index (κ3) is 3.43. The molecule has 1 aromatic carbocycles. The number of hydrogen-bond acceptors (Lipinski definition) is 2. The first-order valence-electron chi connectivity index (χ1n) is 4.90. The van der Waals surface area contributed by atoms with Crippen LogP contribution in [-0.4, -0.2) is 25.0 Å². The molecule has 1 rings (SSSR count). The molecule has 0 fully saturated rings. The second-order valence-corrected chi connectivity index (χ2v) is 4.50. The van der Waals surface area contributed by atoms with Gasteiger partial charge in [-0.05, 0) is 33.6 Å². The molecule has 0 bridgehead atoms. The largest absolute Gasteiger partial charge is 0.496 e. The summed E-state index contributed by atoms with van der Waals surface area (Å²) in [5, 5.41) is 0. The molecule has 106 valence electrons. The molecule has 0 radical (unpaired) electrons. The summed E-state index contributed by atoms with van der Waals surface area (Å²) in [6, 6.07) is 3.86. The minimum absolute atomic E-state index is 0.0293. The van der Waals surface area contributed by atoms with E-state index in [9.17, 15) is 26.7 Å². The second-order valence-electron chi connectivity index (χ2n) is 3.64. The van der Waals surface area contributed by atoms with Gasteiger partial charge in [-0.15, -0.1) is 0 Å². The van der Waals surface area contributed by atoms with Crippen LogP contribution in [0.15, 0.2) is 22.7 Å². The average molecular weight is 347 g/mol. The number of hydrogen-bond donors (Lipinski definition) is 0. The molecular weight excluding hydrogens is 339 g/mol. The van der Waals surface area contributed by atoms with Gasteiger partial charge in [0.1, 0.15) is 5.75 Å². The van der Waals surface area contributed by atoms with Crippen molar-refractivity contribution in [2.75, 3.05) is 7.11 Å². The predicted molar refractivity (Wildman–Crippen MR) is 60.4 cm³/mol. The van der Waals surface area contributed by atoms with Crippen molar-refractivity contribution in [3.8, 4) is 5.75 Å². The van der Waals surface area contributed by atoms with Crippen LogP contribution < -0.4 is 4.74 Å². The summed E-state index contributed by atoms with van der Waals surface area (Å²) >= 11 is 3.04. The molecular formula is C11H8BrF5O2. The first kappa shape index (κ1) is 15.9. The fraction of sp³-hybridized carbons (Fsp3) is 0.364. The molecule has 0 aliphatic carbocycles. The molecule has 0 spiro atoms. The lowest BCUT2D eigenvalue weighted by atomic mass is 10.0. The van der Waals surface area contributed by atoms with Gasteiger partial charge in [0.2, 0.25) is 5.78 Å². The number of alkyl halides is 5. The Morgan fingerprint density at radius 3 is 2.26 bits per heavy atom. The highest BCUT2D eigenvalue weighted by atomic mass is 79.9. The molecule has 0 saturated carbocycles. The van der Waals surface area contributed by atoms with E-state index in [1.165, 1.54) is 25.3 Å². The van der Waals surface area contributed by atoms with Gasteiger partial charge in [-0.3, -0.25) is 4.79 Å². The number of ketones is 1. The zero-order valence-corrected chi connectivity index (χ0v) is 11.1. The van der Waals surface area contributed by atoms with Crippen LogP contribution in [0, 0.1) is 0 Å². The monoisotopic (exact) mass is 346 g/mol. The highest BCUT2D eigenvalue weighted by Crippen LogP contribution is 2.37. The van der Waals surface area contributed by atoms with Crippen molar-refractivity contribution in [1.29, 1.82) is 0 Å². The van der Waals surface area contributed by atoms with Crippen molar-refractivity contribution in [1.82, 2.24) is 0 Å². The summed E-state index contributed by atoms with van der Waals surface area (Å²) < 4.78 is 66.7. The SMILES string of the molecule is COc1ccc(CC(=O)C(F)(F)C(F)(F)F)cc1Br. The van der Waals surface area contributed by atoms with Crippen molar-refractivity contribution in [2.45, 2.75) is 18.5 Å². The minimum atomic E-state index is -5.88. The molecule has 0 atom stereocenters. The van der Waals surface area contributed by atoms with Gasteiger partial charge in [0, 0.05) is 6.42 Å². The van der Waals surface area contributed by atoms with Gasteiger partial charge in [-0.2, -0.15) is 22.0 Å². The smallest absolute Gasteiger partial charge is 0.461 e. The fourth-order valence-corrected chi connectivity index (χ4v) is 1.86. The molecule has 0 heterocycles. The van der Waals surface area contributed by atoms with E-state index in [1.807, 2.05) is 0 Å². The maximum atomic E-state index is 12.7. The normalized spacial score (nSPS) is 12.4. The number of halogens is 6. The van der Waals surface area contributed by atoms with Gasteiger partial charge in [0.25, 0.3) is 0 Å². The van der Waals surface area contributed by atoms with Crippen LogP contribution in [0.1, 0.15) is 5.56 Å². The average Bonchev–Trinajstić information content (AvgIpc) is 2.27. The number of methoxy groups -OCH3 is 1. The molecule has 0 aliphatic rings. The molecule has 2 nitrogen and oxygen atoms in total. The lowest BCUT2D eigenvalue weighted by Crippen LogP contribution is -2.44. The Morgan fingerprint density at radius 1 is 1.26 bits per heavy atom. The molecule has 1 aromatic rings. The van der Waals surface area contributed by atoms with Gasteiger partial charge in [-0.1, -0.05) is 6.07 Å². The van der Waals surface area contributed by atoms with Gasteiger partial charge >= 0.3 is 12.1 Å². The first-order chi connectivity index (χ1) is 8.59. The van der Waals surface area contributed by atoms with E-state index < -0.39 is 24.3 Å². The van der Waals surface area contributed by atoms with Crippen LogP contribution in [0.4, 0.5) is 22.0 Å². The van der Waals surface area contributed by atoms with E-state index >= 15 is 0 Å². The Balaban J connectivity index is 2.92. The zero-order chi connectivity index (χ0) is 14.8. The summed E-state index contributed by atoms with van der Waals surface area (Å²) in [6.45, 7) is 0. The summed E-state index contributed by atoms with van der Waals surface area (Å²) in [6.07, 6.45) is -6.90. The molecule has 19 heavy (non-hydrogen) atoms. The molecule has 0 aromatic heterocycles. The predicted octanol–water partition coefficient (Wildman–Crippen LogP) is 3.77. The fourth-order valence-electron chi connectivity index (χ4n) is 1.27. The van der Waals surface area contributed by atoms with Crippen LogP contribution in [0.3, 0.4) is 0 Å². The first-order valence-corrected chi connectivity index (χ1v) is 5.69. The Bertz CT molecular complexity index is 484. The zero-order valence-electron chi connectivity index (χ0n) is 9.52. The van der Waals surface area contributed by atoms with Gasteiger partial charge < -0.3 is 4.74 Å². The lowest BCUT2D eigenvalue weighted by Gasteiger charge is -2.18. The summed E-state index contributed by atoms with van der Waals surface area (Å²) in [5.41, 5.74) is 0.0293. The number of carbonyl (C=O) groups excluding carboxylic acids is 1. The quantitative estimate of drug-likeness (QED) is 0.776. The highest BCUT2D eigenvalue weighted by Gasteiger charge is 2.62. The van der Waals surface area contributed by atoms with E-state index in [0.717, 1.165) is 0 Å². The van der Waals surface area contributed by atoms with Crippen molar-refractivity contribution >= 4 is 21.7 Å². The highest BCUT2D eigenvalue weighted by molar-refractivity contribution is 9.10. The van der Waals surface area contributed by atoms with Gasteiger partial charge in [-0.25, -0.2) is 0 Å². The van der Waals surface area contributed by atoms with Crippen LogP contribution in [0.2, 0.25) is 0 Å². The molecule has 0 amide bonds. The summed E-state index contributed by atoms with van der Waals surface area (Å²) in [5.74, 6) is -7.17. The second kappa shape index (κ2) is 5.44.